The van der Waals surface area contributed by atoms with Crippen LogP contribution in [0.2, 0.25) is 0 Å². The van der Waals surface area contributed by atoms with E-state index >= 15 is 0 Å². The Kier molecular flexibility index (Phi) is 5.09. The number of ether oxygens (including phenoxy) is 1. The van der Waals surface area contributed by atoms with Crippen LogP contribution in [0.3, 0.4) is 0 Å². The summed E-state index contributed by atoms with van der Waals surface area (Å²) < 4.78 is 19.3. The molecule has 0 fully saturated rings. The third kappa shape index (κ3) is 3.77. The molecule has 1 aromatic carbocycles. The van der Waals surface area contributed by atoms with Crippen LogP contribution in [0.1, 0.15) is 42.6 Å². The van der Waals surface area contributed by atoms with Gasteiger partial charge in [-0.05, 0) is 37.5 Å². The molecule has 108 valence electrons. The third-order valence-corrected chi connectivity index (χ3v) is 3.88. The summed E-state index contributed by atoms with van der Waals surface area (Å²) in [6.07, 6.45) is 2.04. The summed E-state index contributed by atoms with van der Waals surface area (Å²) in [5, 5.41) is 3.05. The molecule has 1 atom stereocenters. The quantitative estimate of drug-likeness (QED) is 0.880. The molecule has 1 heterocycles. The molecule has 0 aliphatic heterocycles. The molecule has 0 aliphatic carbocycles. The van der Waals surface area contributed by atoms with Crippen LogP contribution in [0.25, 0.3) is 0 Å². The second-order valence-electron chi connectivity index (χ2n) is 4.75. The standard InChI is InChI=1S/C15H19FN2OS/c1-3-4-15-18-12(9-20-15)8-19-14-6-5-11(10(2)17)7-13(14)16/h5-7,9-10H,3-4,8,17H2,1-2H3/t10-/m0/s1. The number of halogens is 1. The van der Waals surface area contributed by atoms with E-state index in [1.54, 1.807) is 23.5 Å². The van der Waals surface area contributed by atoms with Gasteiger partial charge in [-0.25, -0.2) is 9.37 Å². The van der Waals surface area contributed by atoms with E-state index in [9.17, 15) is 4.39 Å². The average Bonchev–Trinajstić information content (AvgIpc) is 2.85. The Bertz CT molecular complexity index is 569. The average molecular weight is 294 g/mol. The summed E-state index contributed by atoms with van der Waals surface area (Å²) in [5.74, 6) is -0.150. The Morgan fingerprint density at radius 2 is 2.25 bits per heavy atom. The molecule has 1 aromatic heterocycles. The first-order chi connectivity index (χ1) is 9.60. The summed E-state index contributed by atoms with van der Waals surface area (Å²) in [7, 11) is 0. The highest BCUT2D eigenvalue weighted by Gasteiger charge is 2.08. The molecule has 0 aliphatic rings. The highest BCUT2D eigenvalue weighted by molar-refractivity contribution is 7.09. The highest BCUT2D eigenvalue weighted by atomic mass is 32.1. The molecule has 0 radical (unpaired) electrons. The Hall–Kier alpha value is -1.46. The predicted molar refractivity (Wildman–Crippen MR) is 79.4 cm³/mol. The summed E-state index contributed by atoms with van der Waals surface area (Å²) in [5.41, 5.74) is 7.31. The summed E-state index contributed by atoms with van der Waals surface area (Å²) >= 11 is 1.62. The molecule has 0 amide bonds. The number of rotatable bonds is 6. The van der Waals surface area contributed by atoms with Gasteiger partial charge in [-0.15, -0.1) is 11.3 Å². The van der Waals surface area contributed by atoms with Crippen molar-refractivity contribution >= 4 is 11.3 Å². The number of nitrogens with two attached hydrogens (primary N) is 1. The molecule has 2 rings (SSSR count). The first-order valence-corrected chi connectivity index (χ1v) is 7.59. The van der Waals surface area contributed by atoms with E-state index in [0.717, 1.165) is 29.1 Å². The van der Waals surface area contributed by atoms with Crippen LogP contribution < -0.4 is 10.5 Å². The van der Waals surface area contributed by atoms with E-state index in [1.165, 1.54) is 6.07 Å². The van der Waals surface area contributed by atoms with E-state index in [4.69, 9.17) is 10.5 Å². The Balaban J connectivity index is 1.99. The second kappa shape index (κ2) is 6.81. The van der Waals surface area contributed by atoms with Crippen LogP contribution in [0.5, 0.6) is 5.75 Å². The van der Waals surface area contributed by atoms with Gasteiger partial charge < -0.3 is 10.5 Å². The number of hydrogen-bond donors (Lipinski definition) is 1. The smallest absolute Gasteiger partial charge is 0.165 e. The molecule has 0 bridgehead atoms. The number of aryl methyl sites for hydroxylation is 1. The lowest BCUT2D eigenvalue weighted by atomic mass is 10.1. The molecule has 3 nitrogen and oxygen atoms in total. The molecule has 0 unspecified atom stereocenters. The first kappa shape index (κ1) is 14.9. The summed E-state index contributed by atoms with van der Waals surface area (Å²) in [6.45, 7) is 4.22. The van der Waals surface area contributed by atoms with Gasteiger partial charge >= 0.3 is 0 Å². The van der Waals surface area contributed by atoms with E-state index in [-0.39, 0.29) is 24.2 Å². The lowest BCUT2D eigenvalue weighted by Gasteiger charge is -2.09. The van der Waals surface area contributed by atoms with Gasteiger partial charge in [0.25, 0.3) is 0 Å². The van der Waals surface area contributed by atoms with Gasteiger partial charge in [-0.1, -0.05) is 13.0 Å². The van der Waals surface area contributed by atoms with Crippen LogP contribution in [0.15, 0.2) is 23.6 Å². The van der Waals surface area contributed by atoms with Crippen LogP contribution >= 0.6 is 11.3 Å². The van der Waals surface area contributed by atoms with Crippen molar-refractivity contribution in [1.29, 1.82) is 0 Å². The van der Waals surface area contributed by atoms with Crippen molar-refractivity contribution in [1.82, 2.24) is 4.98 Å². The predicted octanol–water partition coefficient (Wildman–Crippen LogP) is 3.83. The van der Waals surface area contributed by atoms with Crippen LogP contribution in [0, 0.1) is 5.82 Å². The maximum atomic E-state index is 13.8. The van der Waals surface area contributed by atoms with Crippen molar-refractivity contribution in [2.45, 2.75) is 39.3 Å². The Morgan fingerprint density at radius 1 is 1.45 bits per heavy atom. The van der Waals surface area contributed by atoms with Gasteiger partial charge in [0.15, 0.2) is 11.6 Å². The normalized spacial score (nSPS) is 12.4. The molecule has 20 heavy (non-hydrogen) atoms. The lowest BCUT2D eigenvalue weighted by molar-refractivity contribution is 0.286. The first-order valence-electron chi connectivity index (χ1n) is 6.71. The topological polar surface area (TPSA) is 48.1 Å². The van der Waals surface area contributed by atoms with Gasteiger partial charge in [-0.3, -0.25) is 0 Å². The van der Waals surface area contributed by atoms with Crippen molar-refractivity contribution in [2.24, 2.45) is 5.73 Å². The van der Waals surface area contributed by atoms with Crippen molar-refractivity contribution in [3.63, 3.8) is 0 Å². The number of benzene rings is 1. The largest absolute Gasteiger partial charge is 0.484 e. The maximum Gasteiger partial charge on any atom is 0.165 e. The van der Waals surface area contributed by atoms with E-state index in [1.807, 2.05) is 12.3 Å². The highest BCUT2D eigenvalue weighted by Crippen LogP contribution is 2.22. The number of aromatic nitrogens is 1. The fourth-order valence-corrected chi connectivity index (χ4v) is 2.70. The number of thiazole rings is 1. The van der Waals surface area contributed by atoms with E-state index < -0.39 is 0 Å². The van der Waals surface area contributed by atoms with Crippen molar-refractivity contribution < 1.29 is 9.13 Å². The van der Waals surface area contributed by atoms with Gasteiger partial charge in [0.05, 0.1) is 10.7 Å². The summed E-state index contributed by atoms with van der Waals surface area (Å²) in [4.78, 5) is 4.44. The number of nitrogens with zero attached hydrogens (tertiary/aromatic N) is 1. The third-order valence-electron chi connectivity index (χ3n) is 2.92. The van der Waals surface area contributed by atoms with Crippen LogP contribution in [0.4, 0.5) is 4.39 Å². The molecule has 2 N–H and O–H groups in total. The van der Waals surface area contributed by atoms with Crippen LogP contribution in [-0.4, -0.2) is 4.98 Å². The zero-order chi connectivity index (χ0) is 14.5. The minimum Gasteiger partial charge on any atom is -0.484 e. The lowest BCUT2D eigenvalue weighted by Crippen LogP contribution is -2.06. The van der Waals surface area contributed by atoms with Gasteiger partial charge in [-0.2, -0.15) is 0 Å². The molecular weight excluding hydrogens is 275 g/mol. The van der Waals surface area contributed by atoms with Gasteiger partial charge in [0.1, 0.15) is 6.61 Å². The molecular formula is C15H19FN2OS. The van der Waals surface area contributed by atoms with Crippen LogP contribution in [-0.2, 0) is 13.0 Å². The fourth-order valence-electron chi connectivity index (χ4n) is 1.81. The van der Waals surface area contributed by atoms with Gasteiger partial charge in [0, 0.05) is 11.4 Å². The minimum atomic E-state index is -0.385. The van der Waals surface area contributed by atoms with Gasteiger partial charge in [0.2, 0.25) is 0 Å². The molecule has 0 spiro atoms. The van der Waals surface area contributed by atoms with Crippen molar-refractivity contribution in [3.8, 4) is 5.75 Å². The number of hydrogen-bond acceptors (Lipinski definition) is 4. The fraction of sp³-hybridized carbons (Fsp3) is 0.400. The SMILES string of the molecule is CCCc1nc(COc2ccc([C@H](C)N)cc2F)cs1. The van der Waals surface area contributed by atoms with E-state index in [0.29, 0.717) is 0 Å². The Morgan fingerprint density at radius 3 is 2.90 bits per heavy atom. The van der Waals surface area contributed by atoms with Crippen molar-refractivity contribution in [3.05, 3.63) is 45.7 Å². The second-order valence-corrected chi connectivity index (χ2v) is 5.69. The minimum absolute atomic E-state index is 0.186. The van der Waals surface area contributed by atoms with E-state index in [2.05, 4.69) is 11.9 Å². The molecule has 0 saturated carbocycles. The molecule has 2 aromatic rings. The molecule has 5 heteroatoms. The zero-order valence-electron chi connectivity index (χ0n) is 11.7. The summed E-state index contributed by atoms with van der Waals surface area (Å²) in [6, 6.07) is 4.64. The monoisotopic (exact) mass is 294 g/mol. The maximum absolute atomic E-state index is 13.8. The van der Waals surface area contributed by atoms with Crippen molar-refractivity contribution in [2.75, 3.05) is 0 Å². The Labute approximate surface area is 122 Å². The molecule has 0 saturated heterocycles. The zero-order valence-corrected chi connectivity index (χ0v) is 12.5.